The molecule has 0 bridgehead atoms. The van der Waals surface area contributed by atoms with Crippen LogP contribution in [0.1, 0.15) is 25.7 Å². The molecule has 3 rings (SSSR count). The van der Waals surface area contributed by atoms with Crippen LogP contribution >= 0.6 is 22.7 Å². The standard InChI is InChI=1S/C18H16FNOS2/c1-13-6-7-17(19)16(10-13)18(21)20(11-14-4-2-8-22-14)12-15-5-3-9-23-15/h2-10H,11-12H2,1H3. The van der Waals surface area contributed by atoms with Crippen LogP contribution < -0.4 is 0 Å². The zero-order valence-electron chi connectivity index (χ0n) is 12.7. The van der Waals surface area contributed by atoms with Gasteiger partial charge in [0.25, 0.3) is 5.91 Å². The van der Waals surface area contributed by atoms with Crippen LogP contribution in [0.25, 0.3) is 0 Å². The van der Waals surface area contributed by atoms with Crippen LogP contribution in [0.4, 0.5) is 4.39 Å². The maximum absolute atomic E-state index is 14.1. The number of halogens is 1. The van der Waals surface area contributed by atoms with E-state index in [2.05, 4.69) is 0 Å². The Morgan fingerprint density at radius 1 is 1.04 bits per heavy atom. The number of hydrogen-bond acceptors (Lipinski definition) is 3. The summed E-state index contributed by atoms with van der Waals surface area (Å²) in [4.78, 5) is 16.7. The summed E-state index contributed by atoms with van der Waals surface area (Å²) in [6, 6.07) is 12.6. The fraction of sp³-hybridized carbons (Fsp3) is 0.167. The highest BCUT2D eigenvalue weighted by Gasteiger charge is 2.20. The van der Waals surface area contributed by atoms with Crippen molar-refractivity contribution in [3.05, 3.63) is 79.9 Å². The summed E-state index contributed by atoms with van der Waals surface area (Å²) in [7, 11) is 0. The van der Waals surface area contributed by atoms with Crippen molar-refractivity contribution in [2.75, 3.05) is 0 Å². The molecule has 2 nitrogen and oxygen atoms in total. The Morgan fingerprint density at radius 3 is 2.17 bits per heavy atom. The van der Waals surface area contributed by atoms with Gasteiger partial charge in [-0.2, -0.15) is 0 Å². The first-order valence-electron chi connectivity index (χ1n) is 7.23. The van der Waals surface area contributed by atoms with Crippen LogP contribution in [0.5, 0.6) is 0 Å². The minimum Gasteiger partial charge on any atom is -0.328 e. The molecule has 0 N–H and O–H groups in total. The second kappa shape index (κ2) is 7.06. The molecule has 2 aromatic heterocycles. The Kier molecular flexibility index (Phi) is 4.88. The molecular weight excluding hydrogens is 329 g/mol. The maximum Gasteiger partial charge on any atom is 0.257 e. The second-order valence-electron chi connectivity index (χ2n) is 5.30. The van der Waals surface area contributed by atoms with Crippen LogP contribution in [0.15, 0.2) is 53.2 Å². The molecule has 0 aliphatic carbocycles. The minimum absolute atomic E-state index is 0.137. The van der Waals surface area contributed by atoms with Crippen molar-refractivity contribution in [3.8, 4) is 0 Å². The normalized spacial score (nSPS) is 10.7. The molecule has 0 unspecified atom stereocenters. The Balaban J connectivity index is 1.89. The van der Waals surface area contributed by atoms with E-state index < -0.39 is 5.82 Å². The van der Waals surface area contributed by atoms with E-state index in [1.165, 1.54) is 6.07 Å². The van der Waals surface area contributed by atoms with Gasteiger partial charge in [0.2, 0.25) is 0 Å². The first kappa shape index (κ1) is 15.9. The smallest absolute Gasteiger partial charge is 0.257 e. The number of rotatable bonds is 5. The molecule has 3 aromatic rings. The van der Waals surface area contributed by atoms with Crippen molar-refractivity contribution in [3.63, 3.8) is 0 Å². The Bertz CT molecular complexity index is 745. The van der Waals surface area contributed by atoms with Gasteiger partial charge in [-0.15, -0.1) is 22.7 Å². The fourth-order valence-electron chi connectivity index (χ4n) is 2.35. The third-order valence-electron chi connectivity index (χ3n) is 3.49. The van der Waals surface area contributed by atoms with Gasteiger partial charge < -0.3 is 4.90 Å². The van der Waals surface area contributed by atoms with Crippen molar-refractivity contribution in [2.45, 2.75) is 20.0 Å². The molecule has 0 aliphatic rings. The van der Waals surface area contributed by atoms with Gasteiger partial charge in [0, 0.05) is 9.75 Å². The van der Waals surface area contributed by atoms with Crippen molar-refractivity contribution in [1.29, 1.82) is 0 Å². The number of hydrogen-bond donors (Lipinski definition) is 0. The molecule has 0 saturated carbocycles. The molecule has 0 atom stereocenters. The first-order valence-corrected chi connectivity index (χ1v) is 8.99. The highest BCUT2D eigenvalue weighted by Crippen LogP contribution is 2.21. The van der Waals surface area contributed by atoms with E-state index in [1.54, 1.807) is 39.7 Å². The molecule has 0 fully saturated rings. The molecule has 1 aromatic carbocycles. The SMILES string of the molecule is Cc1ccc(F)c(C(=O)N(Cc2cccs2)Cc2cccs2)c1. The quantitative estimate of drug-likeness (QED) is 0.630. The molecule has 0 radical (unpaired) electrons. The van der Waals surface area contributed by atoms with Gasteiger partial charge in [0.1, 0.15) is 5.82 Å². The predicted molar refractivity (Wildman–Crippen MR) is 93.4 cm³/mol. The van der Waals surface area contributed by atoms with E-state index in [1.807, 2.05) is 41.9 Å². The zero-order valence-corrected chi connectivity index (χ0v) is 14.3. The summed E-state index contributed by atoms with van der Waals surface area (Å²) in [6.07, 6.45) is 0. The van der Waals surface area contributed by atoms with E-state index in [4.69, 9.17) is 0 Å². The fourth-order valence-corrected chi connectivity index (χ4v) is 3.79. The van der Waals surface area contributed by atoms with Crippen molar-refractivity contribution in [2.24, 2.45) is 0 Å². The van der Waals surface area contributed by atoms with Gasteiger partial charge in [-0.05, 0) is 41.9 Å². The number of amides is 1. The minimum atomic E-state index is -0.469. The topological polar surface area (TPSA) is 20.3 Å². The third kappa shape index (κ3) is 3.86. The van der Waals surface area contributed by atoms with Gasteiger partial charge >= 0.3 is 0 Å². The van der Waals surface area contributed by atoms with Crippen molar-refractivity contribution < 1.29 is 9.18 Å². The van der Waals surface area contributed by atoms with E-state index in [0.717, 1.165) is 15.3 Å². The number of thiophene rings is 2. The molecule has 0 saturated heterocycles. The lowest BCUT2D eigenvalue weighted by atomic mass is 10.1. The maximum atomic E-state index is 14.1. The Hall–Kier alpha value is -1.98. The van der Waals surface area contributed by atoms with Gasteiger partial charge in [0.15, 0.2) is 0 Å². The monoisotopic (exact) mass is 345 g/mol. The number of carbonyl (C=O) groups excluding carboxylic acids is 1. The van der Waals surface area contributed by atoms with E-state index in [-0.39, 0.29) is 11.5 Å². The molecule has 23 heavy (non-hydrogen) atoms. The highest BCUT2D eigenvalue weighted by atomic mass is 32.1. The lowest BCUT2D eigenvalue weighted by molar-refractivity contribution is 0.0728. The van der Waals surface area contributed by atoms with Gasteiger partial charge in [-0.3, -0.25) is 4.79 Å². The van der Waals surface area contributed by atoms with Crippen molar-refractivity contribution in [1.82, 2.24) is 4.90 Å². The summed E-state index contributed by atoms with van der Waals surface area (Å²) in [5, 5.41) is 3.97. The number of nitrogens with zero attached hydrogens (tertiary/aromatic N) is 1. The molecule has 2 heterocycles. The average molecular weight is 345 g/mol. The second-order valence-corrected chi connectivity index (χ2v) is 7.37. The van der Waals surface area contributed by atoms with Gasteiger partial charge in [-0.25, -0.2) is 4.39 Å². The molecule has 0 spiro atoms. The predicted octanol–water partition coefficient (Wildman–Crippen LogP) is 5.10. The first-order chi connectivity index (χ1) is 11.1. The molecular formula is C18H16FNOS2. The summed E-state index contributed by atoms with van der Waals surface area (Å²) in [5.41, 5.74) is 1.01. The van der Waals surface area contributed by atoms with E-state index >= 15 is 0 Å². The summed E-state index contributed by atoms with van der Waals surface area (Å²) >= 11 is 3.20. The lowest BCUT2D eigenvalue weighted by Gasteiger charge is -2.22. The molecule has 118 valence electrons. The van der Waals surface area contributed by atoms with Crippen LogP contribution in [0, 0.1) is 12.7 Å². The van der Waals surface area contributed by atoms with E-state index in [0.29, 0.717) is 13.1 Å². The number of carbonyl (C=O) groups is 1. The number of benzene rings is 1. The lowest BCUT2D eigenvalue weighted by Crippen LogP contribution is -2.30. The van der Waals surface area contributed by atoms with Gasteiger partial charge in [-0.1, -0.05) is 23.8 Å². The number of aryl methyl sites for hydroxylation is 1. The summed E-state index contributed by atoms with van der Waals surface area (Å²) in [6.45, 7) is 2.84. The Labute approximate surface area is 142 Å². The van der Waals surface area contributed by atoms with E-state index in [9.17, 15) is 9.18 Å². The molecule has 0 aliphatic heterocycles. The van der Waals surface area contributed by atoms with Crippen LogP contribution in [-0.4, -0.2) is 10.8 Å². The Morgan fingerprint density at radius 2 is 1.65 bits per heavy atom. The largest absolute Gasteiger partial charge is 0.328 e. The highest BCUT2D eigenvalue weighted by molar-refractivity contribution is 7.10. The zero-order chi connectivity index (χ0) is 16.2. The molecule has 5 heteroatoms. The third-order valence-corrected chi connectivity index (χ3v) is 5.22. The average Bonchev–Trinajstić information content (AvgIpc) is 3.22. The van der Waals surface area contributed by atoms with Crippen LogP contribution in [0.2, 0.25) is 0 Å². The van der Waals surface area contributed by atoms with Crippen LogP contribution in [-0.2, 0) is 13.1 Å². The van der Waals surface area contributed by atoms with Gasteiger partial charge in [0.05, 0.1) is 18.7 Å². The summed E-state index contributed by atoms with van der Waals surface area (Å²) < 4.78 is 14.1. The molecule has 1 amide bonds. The van der Waals surface area contributed by atoms with Crippen molar-refractivity contribution >= 4 is 28.6 Å². The summed E-state index contributed by atoms with van der Waals surface area (Å²) in [5.74, 6) is -0.740. The van der Waals surface area contributed by atoms with Crippen LogP contribution in [0.3, 0.4) is 0 Å².